The highest BCUT2D eigenvalue weighted by Gasteiger charge is 2.51. The van der Waals surface area contributed by atoms with E-state index in [1.165, 1.54) is 5.56 Å². The molecule has 1 aliphatic heterocycles. The van der Waals surface area contributed by atoms with E-state index < -0.39 is 0 Å². The van der Waals surface area contributed by atoms with Crippen molar-refractivity contribution in [1.29, 1.82) is 0 Å². The zero-order valence-corrected chi connectivity index (χ0v) is 18.0. The average Bonchev–Trinajstić information content (AvgIpc) is 2.94. The van der Waals surface area contributed by atoms with Crippen molar-refractivity contribution in [3.63, 3.8) is 0 Å². The van der Waals surface area contributed by atoms with Crippen LogP contribution >= 0.6 is 0 Å². The van der Waals surface area contributed by atoms with Gasteiger partial charge in [-0.1, -0.05) is 42.5 Å². The number of anilines is 1. The van der Waals surface area contributed by atoms with Crippen molar-refractivity contribution in [3.05, 3.63) is 60.3 Å². The van der Waals surface area contributed by atoms with Crippen LogP contribution in [0.2, 0.25) is 0 Å². The van der Waals surface area contributed by atoms with Crippen molar-refractivity contribution in [2.75, 3.05) is 11.9 Å². The van der Waals surface area contributed by atoms with Crippen LogP contribution in [0.3, 0.4) is 0 Å². The molecule has 150 valence electrons. The summed E-state index contributed by atoms with van der Waals surface area (Å²) in [4.78, 5) is 11.5. The first-order chi connectivity index (χ1) is 13.7. The first-order valence-electron chi connectivity index (χ1n) is 10.1. The molecule has 0 saturated carbocycles. The van der Waals surface area contributed by atoms with Crippen molar-refractivity contribution in [2.45, 2.75) is 51.9 Å². The van der Waals surface area contributed by atoms with Crippen molar-refractivity contribution in [2.24, 2.45) is 0 Å². The van der Waals surface area contributed by atoms with Crippen LogP contribution in [0.5, 0.6) is 0 Å². The second-order valence-electron chi connectivity index (χ2n) is 8.77. The van der Waals surface area contributed by atoms with Gasteiger partial charge in [0.05, 0.1) is 22.8 Å². The summed E-state index contributed by atoms with van der Waals surface area (Å²) in [6, 6.07) is 16.7. The van der Waals surface area contributed by atoms with Crippen LogP contribution in [0.1, 0.15) is 46.2 Å². The van der Waals surface area contributed by atoms with Gasteiger partial charge in [-0.05, 0) is 51.7 Å². The number of nitrogens with zero attached hydrogens (tertiary/aromatic N) is 3. The summed E-state index contributed by atoms with van der Waals surface area (Å²) < 4.78 is 12.3. The van der Waals surface area contributed by atoms with Gasteiger partial charge in [-0.25, -0.2) is 9.97 Å². The summed E-state index contributed by atoms with van der Waals surface area (Å²) in [5, 5.41) is 0.974. The largest absolute Gasteiger partial charge is 0.494 e. The number of rotatable bonds is 4. The molecular formula is C23H28BN3O2. The first-order valence-corrected chi connectivity index (χ1v) is 10.1. The van der Waals surface area contributed by atoms with Crippen LogP contribution in [0.15, 0.2) is 54.7 Å². The normalized spacial score (nSPS) is 18.8. The van der Waals surface area contributed by atoms with E-state index in [-0.39, 0.29) is 24.4 Å². The Kier molecular flexibility index (Phi) is 4.87. The summed E-state index contributed by atoms with van der Waals surface area (Å²) >= 11 is 0. The quantitative estimate of drug-likeness (QED) is 0.628. The molecule has 0 radical (unpaired) electrons. The van der Waals surface area contributed by atoms with Crippen molar-refractivity contribution in [1.82, 2.24) is 9.97 Å². The van der Waals surface area contributed by atoms with E-state index in [9.17, 15) is 0 Å². The first kappa shape index (κ1) is 19.9. The topological polar surface area (TPSA) is 47.5 Å². The Bertz CT molecular complexity index is 1010. The van der Waals surface area contributed by atoms with Gasteiger partial charge in [0.15, 0.2) is 0 Å². The molecule has 1 aromatic heterocycles. The van der Waals surface area contributed by atoms with Crippen LogP contribution in [0.4, 0.5) is 5.95 Å². The third-order valence-electron chi connectivity index (χ3n) is 6.29. The molecule has 4 rings (SSSR count). The van der Waals surface area contributed by atoms with Crippen LogP contribution in [-0.2, 0) is 9.31 Å². The highest BCUT2D eigenvalue weighted by molar-refractivity contribution is 6.62. The Morgan fingerprint density at radius 1 is 0.966 bits per heavy atom. The minimum Gasteiger partial charge on any atom is -0.399 e. The Labute approximate surface area is 173 Å². The minimum absolute atomic E-state index is 0.178. The molecule has 1 atom stereocenters. The van der Waals surface area contributed by atoms with E-state index >= 15 is 0 Å². The summed E-state index contributed by atoms with van der Waals surface area (Å²) in [6.45, 7) is 10.4. The van der Waals surface area contributed by atoms with Gasteiger partial charge >= 0.3 is 7.12 Å². The fourth-order valence-electron chi connectivity index (χ4n) is 3.47. The second kappa shape index (κ2) is 7.11. The van der Waals surface area contributed by atoms with Gasteiger partial charge in [-0.3, -0.25) is 0 Å². The number of aromatic nitrogens is 2. The zero-order chi connectivity index (χ0) is 20.8. The fraction of sp³-hybridized carbons (Fsp3) is 0.391. The Hall–Kier alpha value is -2.44. The van der Waals surface area contributed by atoms with Crippen molar-refractivity contribution < 1.29 is 9.31 Å². The van der Waals surface area contributed by atoms with Gasteiger partial charge in [0.1, 0.15) is 0 Å². The molecule has 0 N–H and O–H groups in total. The van der Waals surface area contributed by atoms with Gasteiger partial charge in [0, 0.05) is 18.6 Å². The predicted octanol–water partition coefficient (Wildman–Crippen LogP) is 4.13. The molecule has 0 bridgehead atoms. The lowest BCUT2D eigenvalue weighted by Gasteiger charge is -2.32. The smallest absolute Gasteiger partial charge is 0.399 e. The molecule has 1 fully saturated rings. The number of hydrogen-bond donors (Lipinski definition) is 0. The van der Waals surface area contributed by atoms with Crippen LogP contribution in [0, 0.1) is 0 Å². The summed E-state index contributed by atoms with van der Waals surface area (Å²) in [6.07, 6.45) is 1.88. The van der Waals surface area contributed by atoms with Crippen LogP contribution in [0.25, 0.3) is 10.9 Å². The third-order valence-corrected chi connectivity index (χ3v) is 6.29. The Balaban J connectivity index is 1.59. The summed E-state index contributed by atoms with van der Waals surface area (Å²) in [5.41, 5.74) is 2.41. The second-order valence-corrected chi connectivity index (χ2v) is 8.77. The van der Waals surface area contributed by atoms with Gasteiger partial charge in [0.2, 0.25) is 5.95 Å². The molecule has 29 heavy (non-hydrogen) atoms. The molecule has 3 aromatic rings. The Morgan fingerprint density at radius 2 is 1.62 bits per heavy atom. The molecule has 0 unspecified atom stereocenters. The molecule has 0 amide bonds. The van der Waals surface area contributed by atoms with Gasteiger partial charge in [0.25, 0.3) is 0 Å². The summed E-state index contributed by atoms with van der Waals surface area (Å²) in [5.74, 6) is 0.706. The van der Waals surface area contributed by atoms with Crippen molar-refractivity contribution >= 4 is 29.4 Å². The monoisotopic (exact) mass is 389 g/mol. The third kappa shape index (κ3) is 3.63. The van der Waals surface area contributed by atoms with E-state index in [0.717, 1.165) is 16.4 Å². The molecule has 6 heteroatoms. The highest BCUT2D eigenvalue weighted by atomic mass is 16.7. The van der Waals surface area contributed by atoms with E-state index in [0.29, 0.717) is 5.95 Å². The van der Waals surface area contributed by atoms with Crippen LogP contribution < -0.4 is 10.4 Å². The maximum absolute atomic E-state index is 6.17. The van der Waals surface area contributed by atoms with Crippen molar-refractivity contribution in [3.8, 4) is 0 Å². The predicted molar refractivity (Wildman–Crippen MR) is 119 cm³/mol. The molecule has 2 heterocycles. The number of fused-ring (bicyclic) bond motifs is 1. The molecular weight excluding hydrogens is 361 g/mol. The molecule has 5 nitrogen and oxygen atoms in total. The zero-order valence-electron chi connectivity index (χ0n) is 18.0. The lowest BCUT2D eigenvalue weighted by atomic mass is 9.78. The lowest BCUT2D eigenvalue weighted by Crippen LogP contribution is -2.41. The van der Waals surface area contributed by atoms with E-state index in [2.05, 4.69) is 74.8 Å². The van der Waals surface area contributed by atoms with Crippen LogP contribution in [-0.4, -0.2) is 35.3 Å². The maximum atomic E-state index is 6.17. The maximum Gasteiger partial charge on any atom is 0.494 e. The molecule has 0 aliphatic carbocycles. The van der Waals surface area contributed by atoms with E-state index in [1.807, 2.05) is 31.4 Å². The number of benzene rings is 2. The fourth-order valence-corrected chi connectivity index (χ4v) is 3.47. The average molecular weight is 389 g/mol. The van der Waals surface area contributed by atoms with Gasteiger partial charge in [-0.15, -0.1) is 0 Å². The van der Waals surface area contributed by atoms with E-state index in [1.54, 1.807) is 0 Å². The summed E-state index contributed by atoms with van der Waals surface area (Å²) in [7, 11) is 1.64. The Morgan fingerprint density at radius 3 is 2.28 bits per heavy atom. The lowest BCUT2D eigenvalue weighted by molar-refractivity contribution is 0.00578. The van der Waals surface area contributed by atoms with E-state index in [4.69, 9.17) is 14.3 Å². The standard InChI is InChI=1S/C23H28BN3O2/c1-16(17-10-8-7-9-11-17)27(6)21-25-15-18-14-19(12-13-20(18)26-21)24-28-22(2,3)23(4,5)29-24/h7-16H,1-6H3/t16-/m1/s1. The molecule has 1 saturated heterocycles. The SMILES string of the molecule is C[C@H](c1ccccc1)N(C)c1ncc2cc(B3OC(C)(C)C(C)(C)O3)ccc2n1. The molecule has 2 aromatic carbocycles. The molecule has 1 aliphatic rings. The van der Waals surface area contributed by atoms with Gasteiger partial charge < -0.3 is 14.2 Å². The molecule has 0 spiro atoms. The number of hydrogen-bond acceptors (Lipinski definition) is 5. The van der Waals surface area contributed by atoms with Gasteiger partial charge in [-0.2, -0.15) is 0 Å². The minimum atomic E-state index is -0.384. The highest BCUT2D eigenvalue weighted by Crippen LogP contribution is 2.36.